The second kappa shape index (κ2) is 7.86. The second-order valence-electron chi connectivity index (χ2n) is 7.37. The van der Waals surface area contributed by atoms with Gasteiger partial charge in [-0.15, -0.1) is 11.3 Å². The summed E-state index contributed by atoms with van der Waals surface area (Å²) in [5.41, 5.74) is 0. The van der Waals surface area contributed by atoms with Crippen LogP contribution < -0.4 is 5.32 Å². The topological polar surface area (TPSA) is 107 Å². The van der Waals surface area contributed by atoms with Gasteiger partial charge < -0.3 is 9.80 Å². The van der Waals surface area contributed by atoms with Crippen molar-refractivity contribution in [3.8, 4) is 0 Å². The number of hydrogen-bond acceptors (Lipinski definition) is 6. The van der Waals surface area contributed by atoms with Crippen LogP contribution in [-0.4, -0.2) is 78.6 Å². The number of amides is 4. The van der Waals surface area contributed by atoms with E-state index in [1.807, 2.05) is 0 Å². The molecule has 1 aromatic rings. The number of sulfonamides is 1. The van der Waals surface area contributed by atoms with Crippen molar-refractivity contribution in [2.75, 3.05) is 26.2 Å². The van der Waals surface area contributed by atoms with Gasteiger partial charge in [-0.1, -0.05) is 11.6 Å². The fourth-order valence-electron chi connectivity index (χ4n) is 4.19. The molecular formula is C17H21ClN4O5S2. The maximum absolute atomic E-state index is 13.1. The molecule has 3 saturated heterocycles. The van der Waals surface area contributed by atoms with Crippen LogP contribution in [0.4, 0.5) is 4.79 Å². The highest BCUT2D eigenvalue weighted by Crippen LogP contribution is 2.33. The van der Waals surface area contributed by atoms with Gasteiger partial charge in [-0.25, -0.2) is 13.2 Å². The molecule has 9 nitrogen and oxygen atoms in total. The highest BCUT2D eigenvalue weighted by atomic mass is 35.5. The summed E-state index contributed by atoms with van der Waals surface area (Å²) in [6.45, 7) is 1.21. The molecule has 29 heavy (non-hydrogen) atoms. The summed E-state index contributed by atoms with van der Waals surface area (Å²) in [6.07, 6.45) is 2.24. The average Bonchev–Trinajstić information content (AvgIpc) is 3.41. The molecule has 0 saturated carbocycles. The van der Waals surface area contributed by atoms with Crippen LogP contribution in [0.25, 0.3) is 0 Å². The lowest BCUT2D eigenvalue weighted by molar-refractivity contribution is -0.136. The molecule has 1 atom stereocenters. The van der Waals surface area contributed by atoms with Crippen LogP contribution in [0.2, 0.25) is 4.34 Å². The summed E-state index contributed by atoms with van der Waals surface area (Å²) >= 11 is 6.87. The quantitative estimate of drug-likeness (QED) is 0.677. The van der Waals surface area contributed by atoms with Gasteiger partial charge >= 0.3 is 6.03 Å². The van der Waals surface area contributed by atoms with Crippen molar-refractivity contribution in [1.29, 1.82) is 0 Å². The Morgan fingerprint density at radius 3 is 2.45 bits per heavy atom. The molecule has 0 aliphatic carbocycles. The third-order valence-corrected chi connectivity index (χ3v) is 9.25. The molecule has 158 valence electrons. The third kappa shape index (κ3) is 3.88. The number of nitrogens with zero attached hydrogens (tertiary/aromatic N) is 3. The molecule has 0 bridgehead atoms. The summed E-state index contributed by atoms with van der Waals surface area (Å²) in [7, 11) is -3.77. The first-order valence-electron chi connectivity index (χ1n) is 9.44. The molecule has 1 N–H and O–H groups in total. The number of hydrogen-bond donors (Lipinski definition) is 1. The van der Waals surface area contributed by atoms with Gasteiger partial charge in [-0.3, -0.25) is 14.9 Å². The minimum atomic E-state index is -3.77. The Bertz CT molecular complexity index is 941. The van der Waals surface area contributed by atoms with E-state index >= 15 is 0 Å². The van der Waals surface area contributed by atoms with Gasteiger partial charge in [0.1, 0.15) is 16.8 Å². The van der Waals surface area contributed by atoms with Crippen molar-refractivity contribution in [2.45, 2.75) is 42.0 Å². The predicted molar refractivity (Wildman–Crippen MR) is 106 cm³/mol. The molecular weight excluding hydrogens is 440 g/mol. The van der Waals surface area contributed by atoms with Crippen molar-refractivity contribution in [3.05, 3.63) is 16.5 Å². The zero-order valence-corrected chi connectivity index (χ0v) is 17.9. The van der Waals surface area contributed by atoms with Crippen molar-refractivity contribution in [2.24, 2.45) is 0 Å². The molecule has 3 fully saturated rings. The minimum Gasteiger partial charge on any atom is -0.341 e. The molecule has 0 aromatic carbocycles. The number of imide groups is 1. The molecule has 4 amide bonds. The number of carbonyl (C=O) groups excluding carboxylic acids is 3. The van der Waals surface area contributed by atoms with E-state index in [9.17, 15) is 22.8 Å². The predicted octanol–water partition coefficient (Wildman–Crippen LogP) is 1.10. The SMILES string of the molecule is O=C1CN(C2CCN(C(=O)C3CCCN3S(=O)(=O)c3ccc(Cl)s3)CC2)C(=O)N1. The van der Waals surface area contributed by atoms with Crippen molar-refractivity contribution < 1.29 is 22.8 Å². The van der Waals surface area contributed by atoms with E-state index in [0.717, 1.165) is 11.3 Å². The zero-order valence-electron chi connectivity index (χ0n) is 15.5. The highest BCUT2D eigenvalue weighted by molar-refractivity contribution is 7.91. The average molecular weight is 461 g/mol. The molecule has 4 rings (SSSR count). The number of halogens is 1. The molecule has 1 aromatic heterocycles. The summed E-state index contributed by atoms with van der Waals surface area (Å²) in [4.78, 5) is 39.5. The van der Waals surface area contributed by atoms with Crippen molar-refractivity contribution in [1.82, 2.24) is 19.4 Å². The van der Waals surface area contributed by atoms with Gasteiger partial charge in [0.2, 0.25) is 11.8 Å². The van der Waals surface area contributed by atoms with Gasteiger partial charge in [-0.2, -0.15) is 4.31 Å². The first kappa shape index (κ1) is 20.6. The van der Waals surface area contributed by atoms with Crippen LogP contribution in [0.15, 0.2) is 16.3 Å². The van der Waals surface area contributed by atoms with Gasteiger partial charge in [-0.05, 0) is 37.8 Å². The summed E-state index contributed by atoms with van der Waals surface area (Å²) in [6, 6.07) is 1.81. The fourth-order valence-corrected chi connectivity index (χ4v) is 7.45. The van der Waals surface area contributed by atoms with Gasteiger partial charge in [0.05, 0.1) is 4.34 Å². The Morgan fingerprint density at radius 2 is 1.86 bits per heavy atom. The number of thiophene rings is 1. The maximum Gasteiger partial charge on any atom is 0.324 e. The summed E-state index contributed by atoms with van der Waals surface area (Å²) < 4.78 is 27.7. The van der Waals surface area contributed by atoms with E-state index in [1.54, 1.807) is 4.90 Å². The van der Waals surface area contributed by atoms with Crippen LogP contribution in [0.5, 0.6) is 0 Å². The highest BCUT2D eigenvalue weighted by Gasteiger charge is 2.43. The molecule has 0 radical (unpaired) electrons. The lowest BCUT2D eigenvalue weighted by atomic mass is 10.0. The van der Waals surface area contributed by atoms with E-state index in [4.69, 9.17) is 11.6 Å². The van der Waals surface area contributed by atoms with Crippen LogP contribution in [-0.2, 0) is 19.6 Å². The molecule has 0 spiro atoms. The lowest BCUT2D eigenvalue weighted by Crippen LogP contribution is -2.52. The molecule has 4 heterocycles. The van der Waals surface area contributed by atoms with Crippen LogP contribution in [0, 0.1) is 0 Å². The standard InChI is InChI=1S/C17H21ClN4O5S2/c18-13-3-4-15(28-13)29(26,27)22-7-1-2-12(22)16(24)20-8-5-11(6-9-20)21-10-14(23)19-17(21)25/h3-4,11-12H,1-2,5-10H2,(H,19,23,25). The van der Waals surface area contributed by atoms with E-state index in [0.29, 0.717) is 49.7 Å². The number of rotatable bonds is 4. The summed E-state index contributed by atoms with van der Waals surface area (Å²) in [5, 5.41) is 2.27. The van der Waals surface area contributed by atoms with Gasteiger partial charge in [0.15, 0.2) is 0 Å². The Hall–Kier alpha value is -1.69. The normalized spacial score (nSPS) is 24.4. The molecule has 3 aliphatic rings. The Labute approximate surface area is 177 Å². The van der Waals surface area contributed by atoms with E-state index in [2.05, 4.69) is 5.32 Å². The number of urea groups is 1. The fraction of sp³-hybridized carbons (Fsp3) is 0.588. The van der Waals surface area contributed by atoms with E-state index in [1.165, 1.54) is 21.3 Å². The summed E-state index contributed by atoms with van der Waals surface area (Å²) in [5.74, 6) is -0.511. The Morgan fingerprint density at radius 1 is 1.14 bits per heavy atom. The third-order valence-electron chi connectivity index (χ3n) is 5.64. The first-order chi connectivity index (χ1) is 13.8. The lowest BCUT2D eigenvalue weighted by Gasteiger charge is -2.37. The largest absolute Gasteiger partial charge is 0.341 e. The van der Waals surface area contributed by atoms with Gasteiger partial charge in [0, 0.05) is 25.7 Å². The van der Waals surface area contributed by atoms with Crippen LogP contribution in [0.1, 0.15) is 25.7 Å². The number of piperidine rings is 1. The molecule has 3 aliphatic heterocycles. The Kier molecular flexibility index (Phi) is 5.58. The zero-order chi connectivity index (χ0) is 20.8. The minimum absolute atomic E-state index is 0.0511. The van der Waals surface area contributed by atoms with Crippen LogP contribution in [0.3, 0.4) is 0 Å². The monoisotopic (exact) mass is 460 g/mol. The number of likely N-dealkylation sites (tertiary alicyclic amines) is 1. The molecule has 12 heteroatoms. The molecule has 1 unspecified atom stereocenters. The van der Waals surface area contributed by atoms with Crippen LogP contribution >= 0.6 is 22.9 Å². The Balaban J connectivity index is 1.42. The maximum atomic E-state index is 13.1. The first-order valence-corrected chi connectivity index (χ1v) is 12.1. The van der Waals surface area contributed by atoms with Crippen molar-refractivity contribution in [3.63, 3.8) is 0 Å². The van der Waals surface area contributed by atoms with E-state index in [-0.39, 0.29) is 34.6 Å². The second-order valence-corrected chi connectivity index (χ2v) is 11.2. The smallest absolute Gasteiger partial charge is 0.324 e. The number of carbonyl (C=O) groups is 3. The van der Waals surface area contributed by atoms with E-state index < -0.39 is 16.1 Å². The van der Waals surface area contributed by atoms with Gasteiger partial charge in [0.25, 0.3) is 10.0 Å². The number of nitrogens with one attached hydrogen (secondary N) is 1. The van der Waals surface area contributed by atoms with Crippen molar-refractivity contribution >= 4 is 50.8 Å².